The molecule has 25 heavy (non-hydrogen) atoms. The molecule has 2 aromatic rings. The van der Waals surface area contributed by atoms with Crippen molar-refractivity contribution in [3.8, 4) is 0 Å². The van der Waals surface area contributed by atoms with Crippen LogP contribution in [-0.2, 0) is 17.8 Å². The summed E-state index contributed by atoms with van der Waals surface area (Å²) in [6.07, 6.45) is 1.74. The van der Waals surface area contributed by atoms with Gasteiger partial charge in [0.2, 0.25) is 5.91 Å². The molecule has 0 aromatic carbocycles. The van der Waals surface area contributed by atoms with Crippen LogP contribution >= 0.6 is 0 Å². The van der Waals surface area contributed by atoms with Crippen molar-refractivity contribution >= 4 is 11.8 Å². The minimum Gasteiger partial charge on any atom is -0.459 e. The van der Waals surface area contributed by atoms with Gasteiger partial charge in [-0.05, 0) is 31.9 Å². The summed E-state index contributed by atoms with van der Waals surface area (Å²) >= 11 is 0. The van der Waals surface area contributed by atoms with Crippen LogP contribution in [0.4, 0.5) is 0 Å². The SMILES string of the molecule is Cc1nn(CC(C)C)c(C)c1CC(=O)NCCNC(=O)c1ccco1. The van der Waals surface area contributed by atoms with E-state index >= 15 is 0 Å². The summed E-state index contributed by atoms with van der Waals surface area (Å²) in [5.41, 5.74) is 2.89. The lowest BCUT2D eigenvalue weighted by molar-refractivity contribution is -0.120. The molecule has 2 rings (SSSR count). The van der Waals surface area contributed by atoms with E-state index in [9.17, 15) is 9.59 Å². The zero-order valence-electron chi connectivity index (χ0n) is 15.3. The van der Waals surface area contributed by atoms with Gasteiger partial charge in [-0.15, -0.1) is 0 Å². The van der Waals surface area contributed by atoms with E-state index in [4.69, 9.17) is 4.42 Å². The van der Waals surface area contributed by atoms with Crippen LogP contribution in [0.2, 0.25) is 0 Å². The van der Waals surface area contributed by atoms with E-state index in [0.717, 1.165) is 23.5 Å². The maximum absolute atomic E-state index is 12.1. The molecule has 0 unspecified atom stereocenters. The molecule has 0 atom stereocenters. The normalized spacial score (nSPS) is 10.9. The lowest BCUT2D eigenvalue weighted by Gasteiger charge is -2.09. The number of hydrogen-bond acceptors (Lipinski definition) is 4. The minimum atomic E-state index is -0.291. The predicted octanol–water partition coefficient (Wildman–Crippen LogP) is 1.84. The van der Waals surface area contributed by atoms with Gasteiger partial charge in [-0.25, -0.2) is 0 Å². The Morgan fingerprint density at radius 2 is 1.96 bits per heavy atom. The summed E-state index contributed by atoms with van der Waals surface area (Å²) in [6, 6.07) is 3.25. The average Bonchev–Trinajstić information content (AvgIpc) is 3.16. The van der Waals surface area contributed by atoms with Crippen molar-refractivity contribution in [2.75, 3.05) is 13.1 Å². The zero-order valence-corrected chi connectivity index (χ0v) is 15.3. The Balaban J connectivity index is 1.78. The molecule has 2 aromatic heterocycles. The number of amides is 2. The van der Waals surface area contributed by atoms with Crippen LogP contribution < -0.4 is 10.6 Å². The molecule has 0 saturated carbocycles. The monoisotopic (exact) mass is 346 g/mol. The number of rotatable bonds is 8. The van der Waals surface area contributed by atoms with Crippen LogP contribution in [0.15, 0.2) is 22.8 Å². The Morgan fingerprint density at radius 1 is 1.24 bits per heavy atom. The summed E-state index contributed by atoms with van der Waals surface area (Å²) in [5.74, 6) is 0.385. The third-order valence-corrected chi connectivity index (χ3v) is 3.88. The summed E-state index contributed by atoms with van der Waals surface area (Å²) in [6.45, 7) is 9.75. The lowest BCUT2D eigenvalue weighted by Crippen LogP contribution is -2.35. The van der Waals surface area contributed by atoms with Crippen molar-refractivity contribution < 1.29 is 14.0 Å². The standard InChI is InChI=1S/C18H26N4O3/c1-12(2)11-22-14(4)15(13(3)21-22)10-17(23)19-7-8-20-18(24)16-6-5-9-25-16/h5-6,9,12H,7-8,10-11H2,1-4H3,(H,19,23)(H,20,24). The molecule has 0 aliphatic heterocycles. The van der Waals surface area contributed by atoms with Crippen LogP contribution in [-0.4, -0.2) is 34.7 Å². The topological polar surface area (TPSA) is 89.2 Å². The van der Waals surface area contributed by atoms with Crippen LogP contribution in [0.25, 0.3) is 0 Å². The van der Waals surface area contributed by atoms with E-state index in [1.54, 1.807) is 12.1 Å². The molecule has 7 nitrogen and oxygen atoms in total. The molecular weight excluding hydrogens is 320 g/mol. The fourth-order valence-electron chi connectivity index (χ4n) is 2.61. The molecule has 2 heterocycles. The molecule has 0 aliphatic carbocycles. The summed E-state index contributed by atoms with van der Waals surface area (Å²) in [7, 11) is 0. The third-order valence-electron chi connectivity index (χ3n) is 3.88. The molecule has 2 amide bonds. The Kier molecular flexibility index (Phi) is 6.38. The molecule has 0 fully saturated rings. The number of carbonyl (C=O) groups excluding carboxylic acids is 2. The summed E-state index contributed by atoms with van der Waals surface area (Å²) in [4.78, 5) is 23.8. The number of nitrogens with zero attached hydrogens (tertiary/aromatic N) is 2. The van der Waals surface area contributed by atoms with Gasteiger partial charge in [0.1, 0.15) is 0 Å². The first-order valence-corrected chi connectivity index (χ1v) is 8.49. The summed E-state index contributed by atoms with van der Waals surface area (Å²) < 4.78 is 6.96. The van der Waals surface area contributed by atoms with Crippen molar-refractivity contribution in [2.24, 2.45) is 5.92 Å². The maximum atomic E-state index is 12.1. The molecule has 0 saturated heterocycles. The second-order valence-electron chi connectivity index (χ2n) is 6.49. The average molecular weight is 346 g/mol. The van der Waals surface area contributed by atoms with Crippen LogP contribution in [0.1, 0.15) is 41.4 Å². The number of carbonyl (C=O) groups is 2. The molecule has 0 radical (unpaired) electrons. The quantitative estimate of drug-likeness (QED) is 0.714. The maximum Gasteiger partial charge on any atom is 0.287 e. The van der Waals surface area contributed by atoms with Gasteiger partial charge in [-0.1, -0.05) is 13.8 Å². The highest BCUT2D eigenvalue weighted by Crippen LogP contribution is 2.15. The number of aryl methyl sites for hydroxylation is 1. The molecule has 2 N–H and O–H groups in total. The van der Waals surface area contributed by atoms with Crippen LogP contribution in [0.5, 0.6) is 0 Å². The van der Waals surface area contributed by atoms with Crippen molar-refractivity contribution in [3.63, 3.8) is 0 Å². The van der Waals surface area contributed by atoms with E-state index in [0.29, 0.717) is 25.4 Å². The van der Waals surface area contributed by atoms with Gasteiger partial charge >= 0.3 is 0 Å². The second kappa shape index (κ2) is 8.50. The fraction of sp³-hybridized carbons (Fsp3) is 0.500. The van der Waals surface area contributed by atoms with Gasteiger partial charge in [0, 0.05) is 30.9 Å². The van der Waals surface area contributed by atoms with E-state index in [1.807, 2.05) is 18.5 Å². The highest BCUT2D eigenvalue weighted by molar-refractivity contribution is 5.91. The van der Waals surface area contributed by atoms with E-state index in [2.05, 4.69) is 29.6 Å². The second-order valence-corrected chi connectivity index (χ2v) is 6.49. The van der Waals surface area contributed by atoms with Gasteiger partial charge in [-0.3, -0.25) is 14.3 Å². The molecule has 0 aliphatic rings. The molecule has 7 heteroatoms. The third kappa shape index (κ3) is 5.20. The Bertz CT molecular complexity index is 717. The largest absolute Gasteiger partial charge is 0.459 e. The molecule has 0 bridgehead atoms. The van der Waals surface area contributed by atoms with E-state index in [1.165, 1.54) is 6.26 Å². The van der Waals surface area contributed by atoms with Crippen molar-refractivity contribution in [1.29, 1.82) is 0 Å². The number of hydrogen-bond donors (Lipinski definition) is 2. The van der Waals surface area contributed by atoms with Crippen molar-refractivity contribution in [1.82, 2.24) is 20.4 Å². The Labute approximate surface area is 147 Å². The first-order valence-electron chi connectivity index (χ1n) is 8.49. The van der Waals surface area contributed by atoms with E-state index in [-0.39, 0.29) is 17.6 Å². The van der Waals surface area contributed by atoms with Gasteiger partial charge < -0.3 is 15.1 Å². The smallest absolute Gasteiger partial charge is 0.287 e. The Hall–Kier alpha value is -2.57. The minimum absolute atomic E-state index is 0.0810. The number of aromatic nitrogens is 2. The fourth-order valence-corrected chi connectivity index (χ4v) is 2.61. The van der Waals surface area contributed by atoms with Gasteiger partial charge in [0.05, 0.1) is 18.4 Å². The van der Waals surface area contributed by atoms with Gasteiger partial charge in [-0.2, -0.15) is 5.10 Å². The van der Waals surface area contributed by atoms with E-state index < -0.39 is 0 Å². The number of nitrogens with one attached hydrogen (secondary N) is 2. The Morgan fingerprint density at radius 3 is 2.60 bits per heavy atom. The lowest BCUT2D eigenvalue weighted by atomic mass is 10.1. The van der Waals surface area contributed by atoms with Gasteiger partial charge in [0.25, 0.3) is 5.91 Å². The highest BCUT2D eigenvalue weighted by atomic mass is 16.3. The molecular formula is C18H26N4O3. The van der Waals surface area contributed by atoms with Crippen LogP contribution in [0.3, 0.4) is 0 Å². The highest BCUT2D eigenvalue weighted by Gasteiger charge is 2.15. The molecule has 0 spiro atoms. The number of furan rings is 1. The van der Waals surface area contributed by atoms with Gasteiger partial charge in [0.15, 0.2) is 5.76 Å². The zero-order chi connectivity index (χ0) is 18.4. The molecule has 136 valence electrons. The summed E-state index contributed by atoms with van der Waals surface area (Å²) in [5, 5.41) is 10.0. The first kappa shape index (κ1) is 18.8. The van der Waals surface area contributed by atoms with Crippen molar-refractivity contribution in [2.45, 2.75) is 40.7 Å². The predicted molar refractivity (Wildman–Crippen MR) is 94.3 cm³/mol. The first-order chi connectivity index (χ1) is 11.9. The van der Waals surface area contributed by atoms with Crippen LogP contribution in [0, 0.1) is 19.8 Å². The van der Waals surface area contributed by atoms with Crippen molar-refractivity contribution in [3.05, 3.63) is 41.1 Å².